The van der Waals surface area contributed by atoms with Crippen LogP contribution in [0.2, 0.25) is 0 Å². The number of hydrogen-bond donors (Lipinski definition) is 0. The second kappa shape index (κ2) is 10.7. The standard InChI is InChI=1S/C19H30O2.C15H20O5/c1-4-11(3)18(20)21-19(5-2)10-14-9-15(19)17-13-7-6-12(8-13)16(14)17;1-4-6(2)14(17)19-12-8-5-9-11(10(8)7(3)16)15(18)20-13(9)12/h11-17H,4-10H2,1-3H3;6,8-13H,4-5H2,1-3H3. The van der Waals surface area contributed by atoms with Gasteiger partial charge in [-0.1, -0.05) is 34.6 Å². The van der Waals surface area contributed by atoms with Gasteiger partial charge in [0.15, 0.2) is 0 Å². The Balaban J connectivity index is 0.000000148. The molecule has 15 atom stereocenters. The Labute approximate surface area is 245 Å². The first-order valence-corrected chi connectivity index (χ1v) is 16.7. The number of esters is 3. The zero-order chi connectivity index (χ0) is 29.4. The highest BCUT2D eigenvalue weighted by Gasteiger charge is 2.69. The summed E-state index contributed by atoms with van der Waals surface area (Å²) in [5.41, 5.74) is -0.100. The second-order valence-electron chi connectivity index (χ2n) is 14.8. The molecule has 1 saturated heterocycles. The van der Waals surface area contributed by atoms with E-state index in [1.165, 1.54) is 39.0 Å². The highest BCUT2D eigenvalue weighted by Crippen LogP contribution is 2.71. The maximum absolute atomic E-state index is 12.4. The number of ether oxygens (including phenoxy) is 3. The van der Waals surface area contributed by atoms with Gasteiger partial charge >= 0.3 is 17.9 Å². The van der Waals surface area contributed by atoms with Crippen molar-refractivity contribution in [2.24, 2.45) is 71.0 Å². The van der Waals surface area contributed by atoms with Gasteiger partial charge in [0.25, 0.3) is 0 Å². The molecule has 6 aliphatic carbocycles. The maximum atomic E-state index is 12.4. The minimum atomic E-state index is -0.432. The number of carbonyl (C=O) groups is 4. The van der Waals surface area contributed by atoms with Crippen molar-refractivity contribution in [2.75, 3.05) is 0 Å². The van der Waals surface area contributed by atoms with E-state index in [0.29, 0.717) is 12.3 Å². The van der Waals surface area contributed by atoms with E-state index in [2.05, 4.69) is 13.8 Å². The van der Waals surface area contributed by atoms with Crippen LogP contribution in [0.5, 0.6) is 0 Å². The van der Waals surface area contributed by atoms with Gasteiger partial charge in [-0.25, -0.2) is 0 Å². The highest BCUT2D eigenvalue weighted by atomic mass is 16.6. The van der Waals surface area contributed by atoms with Crippen molar-refractivity contribution in [3.8, 4) is 0 Å². The molecule has 7 fully saturated rings. The summed E-state index contributed by atoms with van der Waals surface area (Å²) in [6, 6.07) is 0. The SMILES string of the molecule is CCC(C)C(=O)OC1(CC)CC2CC1C1C3CCC(C3)C21.CCC(C)C(=O)OC1C2CC3C1OC(=O)C3C2C(C)=O. The summed E-state index contributed by atoms with van der Waals surface area (Å²) in [4.78, 5) is 48.1. The van der Waals surface area contributed by atoms with Crippen molar-refractivity contribution in [1.82, 2.24) is 0 Å². The molecule has 228 valence electrons. The van der Waals surface area contributed by atoms with E-state index in [4.69, 9.17) is 14.2 Å². The summed E-state index contributed by atoms with van der Waals surface area (Å²) in [5, 5.41) is 0. The Morgan fingerprint density at radius 2 is 1.56 bits per heavy atom. The summed E-state index contributed by atoms with van der Waals surface area (Å²) in [7, 11) is 0. The lowest BCUT2D eigenvalue weighted by Gasteiger charge is -2.46. The molecule has 0 aromatic rings. The van der Waals surface area contributed by atoms with E-state index in [-0.39, 0.29) is 70.9 Å². The van der Waals surface area contributed by atoms with Gasteiger partial charge in [-0.05, 0) is 94.3 Å². The molecule has 15 unspecified atom stereocenters. The lowest BCUT2D eigenvalue weighted by molar-refractivity contribution is -0.177. The molecule has 0 spiro atoms. The van der Waals surface area contributed by atoms with Crippen LogP contribution < -0.4 is 0 Å². The molecular formula is C34H50O7. The van der Waals surface area contributed by atoms with Crippen molar-refractivity contribution in [2.45, 2.75) is 117 Å². The maximum Gasteiger partial charge on any atom is 0.310 e. The van der Waals surface area contributed by atoms with Gasteiger partial charge in [0.05, 0.1) is 17.8 Å². The first kappa shape index (κ1) is 29.2. The van der Waals surface area contributed by atoms with E-state index >= 15 is 0 Å². The first-order chi connectivity index (χ1) is 19.5. The fourth-order valence-electron chi connectivity index (χ4n) is 10.9. The van der Waals surface area contributed by atoms with Gasteiger partial charge in [-0.3, -0.25) is 19.2 Å². The van der Waals surface area contributed by atoms with E-state index in [1.54, 1.807) is 0 Å². The average molecular weight is 571 g/mol. The van der Waals surface area contributed by atoms with Crippen LogP contribution in [0.1, 0.15) is 99.3 Å². The molecule has 0 aromatic heterocycles. The molecule has 1 heterocycles. The van der Waals surface area contributed by atoms with Crippen molar-refractivity contribution >= 4 is 23.7 Å². The quantitative estimate of drug-likeness (QED) is 0.208. The van der Waals surface area contributed by atoms with Gasteiger partial charge in [-0.15, -0.1) is 0 Å². The van der Waals surface area contributed by atoms with Crippen LogP contribution in [0.25, 0.3) is 0 Å². The van der Waals surface area contributed by atoms with Gasteiger partial charge in [-0.2, -0.15) is 0 Å². The molecule has 0 aromatic carbocycles. The minimum Gasteiger partial charge on any atom is -0.459 e. The first-order valence-electron chi connectivity index (χ1n) is 16.7. The van der Waals surface area contributed by atoms with Gasteiger partial charge in [0.2, 0.25) is 0 Å². The predicted octanol–water partition coefficient (Wildman–Crippen LogP) is 5.77. The van der Waals surface area contributed by atoms with E-state index in [1.807, 2.05) is 20.8 Å². The van der Waals surface area contributed by atoms with E-state index in [9.17, 15) is 19.2 Å². The molecule has 0 N–H and O–H groups in total. The van der Waals surface area contributed by atoms with Crippen LogP contribution in [0.4, 0.5) is 0 Å². The highest BCUT2D eigenvalue weighted by molar-refractivity contribution is 5.88. The molecule has 7 rings (SSSR count). The van der Waals surface area contributed by atoms with Gasteiger partial charge in [0, 0.05) is 23.7 Å². The number of rotatable bonds is 8. The largest absolute Gasteiger partial charge is 0.459 e. The Bertz CT molecular complexity index is 1080. The minimum absolute atomic E-state index is 0.00406. The van der Waals surface area contributed by atoms with Crippen molar-refractivity contribution in [3.63, 3.8) is 0 Å². The monoisotopic (exact) mass is 570 g/mol. The summed E-state index contributed by atoms with van der Waals surface area (Å²) in [6.07, 6.45) is 9.56. The van der Waals surface area contributed by atoms with Crippen molar-refractivity contribution in [3.05, 3.63) is 0 Å². The van der Waals surface area contributed by atoms with Gasteiger partial charge in [0.1, 0.15) is 23.6 Å². The number of hydrogen-bond acceptors (Lipinski definition) is 7. The van der Waals surface area contributed by atoms with Crippen LogP contribution in [0.15, 0.2) is 0 Å². The topological polar surface area (TPSA) is 96.0 Å². The third-order valence-electron chi connectivity index (χ3n) is 13.1. The van der Waals surface area contributed by atoms with Crippen molar-refractivity contribution in [1.29, 1.82) is 0 Å². The molecular weight excluding hydrogens is 520 g/mol. The van der Waals surface area contributed by atoms with E-state index in [0.717, 1.165) is 48.9 Å². The van der Waals surface area contributed by atoms with Crippen molar-refractivity contribution < 1.29 is 33.4 Å². The molecule has 0 amide bonds. The van der Waals surface area contributed by atoms with Crippen LogP contribution >= 0.6 is 0 Å². The summed E-state index contributed by atoms with van der Waals surface area (Å²) < 4.78 is 17.2. The van der Waals surface area contributed by atoms with E-state index < -0.39 is 6.10 Å². The summed E-state index contributed by atoms with van der Waals surface area (Å²) in [6.45, 7) is 11.6. The molecule has 7 heteroatoms. The van der Waals surface area contributed by atoms with Crippen LogP contribution in [-0.2, 0) is 33.4 Å². The normalized spacial score (nSPS) is 46.9. The number of fused-ring (bicyclic) bond motifs is 10. The Hall–Kier alpha value is -1.92. The summed E-state index contributed by atoms with van der Waals surface area (Å²) in [5.74, 6) is 4.20. The average Bonchev–Trinajstić information content (AvgIpc) is 3.80. The third-order valence-corrected chi connectivity index (χ3v) is 13.1. The molecule has 0 radical (unpaired) electrons. The zero-order valence-electron chi connectivity index (χ0n) is 25.8. The Morgan fingerprint density at radius 1 is 0.902 bits per heavy atom. The van der Waals surface area contributed by atoms with Crippen LogP contribution in [0, 0.1) is 71.0 Å². The van der Waals surface area contributed by atoms with Crippen LogP contribution in [0.3, 0.4) is 0 Å². The lowest BCUT2D eigenvalue weighted by atomic mass is 9.65. The molecule has 6 saturated carbocycles. The van der Waals surface area contributed by atoms with Gasteiger partial charge < -0.3 is 14.2 Å². The zero-order valence-corrected chi connectivity index (χ0v) is 25.8. The molecule has 1 aliphatic heterocycles. The lowest BCUT2D eigenvalue weighted by Crippen LogP contribution is -2.48. The smallest absolute Gasteiger partial charge is 0.310 e. The number of carbonyl (C=O) groups excluding carboxylic acids is 4. The number of ketones is 1. The summed E-state index contributed by atoms with van der Waals surface area (Å²) >= 11 is 0. The molecule has 6 bridgehead atoms. The predicted molar refractivity (Wildman–Crippen MR) is 151 cm³/mol. The Morgan fingerprint density at radius 3 is 2.20 bits per heavy atom. The molecule has 7 aliphatic rings. The second-order valence-corrected chi connectivity index (χ2v) is 14.8. The fourth-order valence-corrected chi connectivity index (χ4v) is 10.9. The Kier molecular flexibility index (Phi) is 7.58. The fraction of sp³-hybridized carbons (Fsp3) is 0.882. The molecule has 41 heavy (non-hydrogen) atoms. The number of Topliss-reactive ketones (excluding diaryl/α,β-unsaturated/α-hetero) is 1. The molecule has 7 nitrogen and oxygen atoms in total. The van der Waals surface area contributed by atoms with Crippen LogP contribution in [-0.4, -0.2) is 41.5 Å². The third kappa shape index (κ3) is 4.41.